The average Bonchev–Trinajstić information content (AvgIpc) is 2.62. The molecule has 2 N–H and O–H groups in total. The normalized spacial score (nSPS) is 22.0. The first-order valence-corrected chi connectivity index (χ1v) is 5.97. The van der Waals surface area contributed by atoms with Crippen molar-refractivity contribution in [3.63, 3.8) is 0 Å². The third-order valence-corrected chi connectivity index (χ3v) is 3.22. The number of carbonyl (C=O) groups is 1. The molecular weight excluding hydrogens is 228 g/mol. The molecule has 1 aliphatic rings. The third kappa shape index (κ3) is 2.09. The fourth-order valence-electron chi connectivity index (χ4n) is 2.32. The summed E-state index contributed by atoms with van der Waals surface area (Å²) in [7, 11) is 0. The lowest BCUT2D eigenvalue weighted by atomic mass is 9.89. The van der Waals surface area contributed by atoms with Crippen molar-refractivity contribution in [1.82, 2.24) is 0 Å². The molecule has 1 aromatic carbocycles. The Morgan fingerprint density at radius 3 is 2.56 bits per heavy atom. The molecular formula is C15H16O3. The lowest BCUT2D eigenvalue weighted by Gasteiger charge is -2.13. The molecule has 0 saturated heterocycles. The molecule has 3 nitrogen and oxygen atoms in total. The van der Waals surface area contributed by atoms with Gasteiger partial charge in [0.25, 0.3) is 0 Å². The Bertz CT molecular complexity index is 512. The van der Waals surface area contributed by atoms with Gasteiger partial charge in [-0.25, -0.2) is 0 Å². The van der Waals surface area contributed by atoms with Crippen LogP contribution in [-0.2, 0) is 4.79 Å². The second-order valence-electron chi connectivity index (χ2n) is 4.38. The molecule has 94 valence electrons. The Morgan fingerprint density at radius 2 is 1.94 bits per heavy atom. The molecule has 1 aromatic rings. The molecule has 18 heavy (non-hydrogen) atoms. The summed E-state index contributed by atoms with van der Waals surface area (Å²) in [6, 6.07) is 9.61. The molecule has 0 bridgehead atoms. The number of aliphatic hydroxyl groups excluding tert-OH is 2. The molecule has 1 aliphatic carbocycles. The first kappa shape index (κ1) is 12.6. The van der Waals surface area contributed by atoms with Gasteiger partial charge in [-0.15, -0.1) is 0 Å². The number of hydrogen-bond acceptors (Lipinski definition) is 3. The van der Waals surface area contributed by atoms with Crippen LogP contribution in [0.25, 0.3) is 0 Å². The number of Topliss-reactive ketones (excluding diaryl/α,β-unsaturated/α-hetero) is 1. The largest absolute Gasteiger partial charge is 0.504 e. The van der Waals surface area contributed by atoms with Crippen molar-refractivity contribution < 1.29 is 15.0 Å². The first-order chi connectivity index (χ1) is 8.66. The van der Waals surface area contributed by atoms with Gasteiger partial charge in [0, 0.05) is 18.1 Å². The average molecular weight is 244 g/mol. The quantitative estimate of drug-likeness (QED) is 0.803. The molecule has 0 aliphatic heterocycles. The van der Waals surface area contributed by atoms with E-state index in [4.69, 9.17) is 5.11 Å². The zero-order valence-corrected chi connectivity index (χ0v) is 10.3. The third-order valence-electron chi connectivity index (χ3n) is 3.22. The fourth-order valence-corrected chi connectivity index (χ4v) is 2.32. The van der Waals surface area contributed by atoms with Crippen LogP contribution in [0.2, 0.25) is 0 Å². The molecule has 0 amide bonds. The van der Waals surface area contributed by atoms with Crippen molar-refractivity contribution in [2.75, 3.05) is 6.61 Å². The van der Waals surface area contributed by atoms with Gasteiger partial charge in [-0.3, -0.25) is 4.79 Å². The minimum atomic E-state index is -0.324. The molecule has 1 unspecified atom stereocenters. The summed E-state index contributed by atoms with van der Waals surface area (Å²) in [5.41, 5.74) is 2.22. The van der Waals surface area contributed by atoms with Gasteiger partial charge in [0.15, 0.2) is 5.76 Å². The van der Waals surface area contributed by atoms with E-state index < -0.39 is 0 Å². The van der Waals surface area contributed by atoms with Gasteiger partial charge in [0.05, 0.1) is 0 Å². The summed E-state index contributed by atoms with van der Waals surface area (Å²) in [5.74, 6) is -0.673. The van der Waals surface area contributed by atoms with E-state index in [-0.39, 0.29) is 24.1 Å². The van der Waals surface area contributed by atoms with Crippen LogP contribution >= 0.6 is 0 Å². The number of ketones is 1. The smallest absolute Gasteiger partial charge is 0.223 e. The standard InChI is InChI=1S/C15H16O3/c1-10-13(11-6-3-2-4-7-11)12(8-5-9-16)15(18)14(10)17/h2-4,6-8,13,16-17H,5,9H2,1H3/b12-8+. The van der Waals surface area contributed by atoms with E-state index in [1.807, 2.05) is 30.3 Å². The van der Waals surface area contributed by atoms with Crippen LogP contribution in [0.15, 0.2) is 53.3 Å². The fraction of sp³-hybridized carbons (Fsp3) is 0.267. The van der Waals surface area contributed by atoms with Crippen molar-refractivity contribution in [3.05, 3.63) is 58.9 Å². The monoisotopic (exact) mass is 244 g/mol. The minimum Gasteiger partial charge on any atom is -0.504 e. The molecule has 0 aromatic heterocycles. The Balaban J connectivity index is 2.45. The van der Waals surface area contributed by atoms with Gasteiger partial charge in [-0.1, -0.05) is 36.4 Å². The van der Waals surface area contributed by atoms with E-state index in [1.54, 1.807) is 13.0 Å². The maximum atomic E-state index is 11.9. The van der Waals surface area contributed by atoms with Crippen molar-refractivity contribution in [1.29, 1.82) is 0 Å². The Morgan fingerprint density at radius 1 is 1.28 bits per heavy atom. The van der Waals surface area contributed by atoms with Crippen LogP contribution in [0.1, 0.15) is 24.8 Å². The lowest BCUT2D eigenvalue weighted by Crippen LogP contribution is -2.05. The van der Waals surface area contributed by atoms with E-state index in [9.17, 15) is 9.90 Å². The Kier molecular flexibility index (Phi) is 3.63. The maximum Gasteiger partial charge on any atom is 0.223 e. The first-order valence-electron chi connectivity index (χ1n) is 5.97. The molecule has 0 radical (unpaired) electrons. The summed E-state index contributed by atoms with van der Waals surface area (Å²) in [6.07, 6.45) is 2.14. The van der Waals surface area contributed by atoms with E-state index in [1.165, 1.54) is 0 Å². The van der Waals surface area contributed by atoms with Crippen LogP contribution in [0, 0.1) is 0 Å². The maximum absolute atomic E-state index is 11.9. The van der Waals surface area contributed by atoms with Gasteiger partial charge in [0.2, 0.25) is 5.78 Å². The van der Waals surface area contributed by atoms with E-state index >= 15 is 0 Å². The number of benzene rings is 1. The second-order valence-corrected chi connectivity index (χ2v) is 4.38. The zero-order valence-electron chi connectivity index (χ0n) is 10.3. The topological polar surface area (TPSA) is 57.5 Å². The summed E-state index contributed by atoms with van der Waals surface area (Å²) < 4.78 is 0. The highest BCUT2D eigenvalue weighted by molar-refractivity contribution is 6.11. The number of allylic oxidation sites excluding steroid dienone is 2. The molecule has 1 atom stereocenters. The van der Waals surface area contributed by atoms with Gasteiger partial charge >= 0.3 is 0 Å². The van der Waals surface area contributed by atoms with Crippen molar-refractivity contribution >= 4 is 5.78 Å². The molecule has 0 fully saturated rings. The molecule has 0 heterocycles. The Hall–Kier alpha value is -1.87. The van der Waals surface area contributed by atoms with E-state index in [0.717, 1.165) is 5.56 Å². The van der Waals surface area contributed by atoms with E-state index in [0.29, 0.717) is 17.6 Å². The second kappa shape index (κ2) is 5.19. The number of rotatable bonds is 3. The molecule has 2 rings (SSSR count). The van der Waals surface area contributed by atoms with Crippen molar-refractivity contribution in [2.24, 2.45) is 0 Å². The van der Waals surface area contributed by atoms with Crippen LogP contribution in [-0.4, -0.2) is 22.6 Å². The van der Waals surface area contributed by atoms with Gasteiger partial charge in [-0.2, -0.15) is 0 Å². The van der Waals surface area contributed by atoms with Crippen molar-refractivity contribution in [3.8, 4) is 0 Å². The SMILES string of the molecule is CC1=C(O)C(=O)/C(=C/CCO)C1c1ccccc1. The molecule has 0 saturated carbocycles. The summed E-state index contributed by atoms with van der Waals surface area (Å²) in [6.45, 7) is 1.77. The lowest BCUT2D eigenvalue weighted by molar-refractivity contribution is -0.114. The van der Waals surface area contributed by atoms with Crippen LogP contribution in [0.4, 0.5) is 0 Å². The van der Waals surface area contributed by atoms with Crippen LogP contribution < -0.4 is 0 Å². The highest BCUT2D eigenvalue weighted by Crippen LogP contribution is 2.40. The van der Waals surface area contributed by atoms with Crippen molar-refractivity contribution in [2.45, 2.75) is 19.3 Å². The highest BCUT2D eigenvalue weighted by Gasteiger charge is 2.35. The van der Waals surface area contributed by atoms with E-state index in [2.05, 4.69) is 0 Å². The number of carbonyl (C=O) groups excluding carboxylic acids is 1. The summed E-state index contributed by atoms with van der Waals surface area (Å²) >= 11 is 0. The molecule has 0 spiro atoms. The van der Waals surface area contributed by atoms with Gasteiger partial charge in [-0.05, 0) is 24.5 Å². The predicted molar refractivity (Wildman–Crippen MR) is 69.3 cm³/mol. The number of aliphatic hydroxyl groups is 2. The summed E-state index contributed by atoms with van der Waals surface area (Å²) in [5, 5.41) is 18.7. The predicted octanol–water partition coefficient (Wildman–Crippen LogP) is 2.49. The van der Waals surface area contributed by atoms with Gasteiger partial charge in [0.1, 0.15) is 0 Å². The Labute approximate surface area is 106 Å². The minimum absolute atomic E-state index is 0.00189. The van der Waals surface area contributed by atoms with Gasteiger partial charge < -0.3 is 10.2 Å². The van der Waals surface area contributed by atoms with Crippen LogP contribution in [0.3, 0.4) is 0 Å². The molecule has 3 heteroatoms. The summed E-state index contributed by atoms with van der Waals surface area (Å²) in [4.78, 5) is 11.9. The van der Waals surface area contributed by atoms with Crippen LogP contribution in [0.5, 0.6) is 0 Å². The highest BCUT2D eigenvalue weighted by atomic mass is 16.3. The zero-order chi connectivity index (χ0) is 13.1. The number of hydrogen-bond donors (Lipinski definition) is 2.